The Morgan fingerprint density at radius 1 is 0.279 bits per heavy atom. The Balaban J connectivity index is 5.38. The number of carbonyl (C=O) groups is 4. The lowest BCUT2D eigenvalue weighted by molar-refractivity contribution is -0.161. The molecule has 0 aromatic rings. The van der Waals surface area contributed by atoms with E-state index in [4.69, 9.17) is 37.0 Å². The molecule has 17 nitrogen and oxygen atoms in total. The molecule has 5 unspecified atom stereocenters. The molecule has 0 aliphatic carbocycles. The average molecular weight is 1510 g/mol. The second-order valence-electron chi connectivity index (χ2n) is 27.7. The molecule has 0 fully saturated rings. The van der Waals surface area contributed by atoms with Crippen molar-refractivity contribution < 1.29 is 80.2 Å². The van der Waals surface area contributed by atoms with Gasteiger partial charge in [0.1, 0.15) is 19.3 Å². The Morgan fingerprint density at radius 2 is 0.500 bits per heavy atom. The topological polar surface area (TPSA) is 237 Å². The molecule has 104 heavy (non-hydrogen) atoms. The molecule has 0 heterocycles. The average Bonchev–Trinajstić information content (AvgIpc) is 0.917. The number of phosphoric ester groups is 2. The first-order valence-corrected chi connectivity index (χ1v) is 44.5. The van der Waals surface area contributed by atoms with E-state index >= 15 is 0 Å². The van der Waals surface area contributed by atoms with Gasteiger partial charge in [-0.25, -0.2) is 9.13 Å². The van der Waals surface area contributed by atoms with Gasteiger partial charge in [0.05, 0.1) is 26.4 Å². The molecule has 3 N–H and O–H groups in total. The Morgan fingerprint density at radius 3 is 0.798 bits per heavy atom. The van der Waals surface area contributed by atoms with E-state index < -0.39 is 97.5 Å². The molecule has 602 valence electrons. The van der Waals surface area contributed by atoms with E-state index in [-0.39, 0.29) is 25.7 Å². The van der Waals surface area contributed by atoms with Gasteiger partial charge in [-0.15, -0.1) is 0 Å². The molecule has 0 aromatic heterocycles. The molecule has 0 saturated carbocycles. The Labute approximate surface area is 633 Å². The quantitative estimate of drug-likeness (QED) is 0.0169. The number of allylic oxidation sites excluding steroid dienone is 16. The summed E-state index contributed by atoms with van der Waals surface area (Å²) < 4.78 is 68.7. The largest absolute Gasteiger partial charge is 0.472 e. The molecular formula is C85H150O17P2. The van der Waals surface area contributed by atoms with Crippen molar-refractivity contribution in [2.45, 2.75) is 380 Å². The third-order valence-corrected chi connectivity index (χ3v) is 19.4. The van der Waals surface area contributed by atoms with Gasteiger partial charge in [0.25, 0.3) is 0 Å². The standard InChI is InChI=1S/C85H150O17P2/c1-5-9-13-17-21-25-29-33-36-38-39-41-43-47-50-54-58-62-66-70-83(88)96-76-81(102-85(90)72-68-64-60-56-52-48-44-40-37-34-30-26-22-18-14-10-6-2)78-100-104(93,94)98-74-79(86)73-97-103(91,92)99-77-80(101-84(89)71-67-63-59-55-51-45-32-28-24-20-16-12-8-4)75-95-82(87)69-65-61-57-53-49-46-42-35-31-27-23-19-15-11-7-3/h10,14,21-22,25-26,33-37,39,41-42,44,48,79-81,86H,5-9,11-13,15-20,23-24,27-32,38,40,43,45-47,49-78H2,1-4H3,(H,91,92)(H,93,94)/b14-10-,25-21-,26-22-,36-33-,37-34-,41-39-,42-35-,48-44-. The van der Waals surface area contributed by atoms with E-state index in [1.165, 1.54) is 109 Å². The summed E-state index contributed by atoms with van der Waals surface area (Å²) >= 11 is 0. The van der Waals surface area contributed by atoms with Crippen molar-refractivity contribution in [2.24, 2.45) is 0 Å². The number of esters is 4. The van der Waals surface area contributed by atoms with Gasteiger partial charge < -0.3 is 33.8 Å². The van der Waals surface area contributed by atoms with Crippen LogP contribution in [-0.2, 0) is 65.4 Å². The van der Waals surface area contributed by atoms with Gasteiger partial charge in [0.2, 0.25) is 0 Å². The molecule has 0 rings (SSSR count). The van der Waals surface area contributed by atoms with Crippen molar-refractivity contribution >= 4 is 39.5 Å². The molecule has 0 saturated heterocycles. The molecule has 0 bridgehead atoms. The van der Waals surface area contributed by atoms with Gasteiger partial charge >= 0.3 is 39.5 Å². The van der Waals surface area contributed by atoms with E-state index in [2.05, 4.69) is 125 Å². The van der Waals surface area contributed by atoms with Crippen LogP contribution in [-0.4, -0.2) is 96.7 Å². The number of ether oxygens (including phenoxy) is 4. The molecule has 0 radical (unpaired) electrons. The van der Waals surface area contributed by atoms with Crippen LogP contribution in [0.4, 0.5) is 0 Å². The van der Waals surface area contributed by atoms with Crippen LogP contribution in [0, 0.1) is 0 Å². The van der Waals surface area contributed by atoms with Gasteiger partial charge in [-0.1, -0.05) is 305 Å². The SMILES string of the molecule is CC/C=C\C/C=C\C/C=C\C/C=C\CCCCCCC(=O)OC(COC(=O)CCCCCCCC/C=C\C/C=C\C/C=C\CCCCC)COP(=O)(O)OCC(O)COP(=O)(O)OCC(COC(=O)CCCCCCC/C=C\CCCCCCCC)OC(=O)CCCCCCCCCCCCCCC. The Kier molecular flexibility index (Phi) is 74.2. The smallest absolute Gasteiger partial charge is 0.462 e. The summed E-state index contributed by atoms with van der Waals surface area (Å²) in [5.41, 5.74) is 0. The summed E-state index contributed by atoms with van der Waals surface area (Å²) in [5, 5.41) is 10.7. The van der Waals surface area contributed by atoms with E-state index in [0.717, 1.165) is 173 Å². The van der Waals surface area contributed by atoms with Crippen LogP contribution in [0.2, 0.25) is 0 Å². The normalized spacial score (nSPS) is 14.3. The Hall–Kier alpha value is -4.02. The maximum atomic E-state index is 13.1. The number of hydrogen-bond donors (Lipinski definition) is 3. The van der Waals surface area contributed by atoms with Crippen LogP contribution >= 0.6 is 15.6 Å². The highest BCUT2D eigenvalue weighted by Crippen LogP contribution is 2.45. The highest BCUT2D eigenvalue weighted by Gasteiger charge is 2.30. The molecule has 0 aromatic carbocycles. The van der Waals surface area contributed by atoms with Crippen molar-refractivity contribution in [3.05, 3.63) is 97.2 Å². The zero-order chi connectivity index (χ0) is 76.0. The van der Waals surface area contributed by atoms with Gasteiger partial charge in [0.15, 0.2) is 12.2 Å². The highest BCUT2D eigenvalue weighted by atomic mass is 31.2. The fraction of sp³-hybridized carbons (Fsp3) is 0.765. The van der Waals surface area contributed by atoms with Crippen molar-refractivity contribution in [1.29, 1.82) is 0 Å². The lowest BCUT2D eigenvalue weighted by Crippen LogP contribution is -2.30. The fourth-order valence-electron chi connectivity index (χ4n) is 11.2. The summed E-state index contributed by atoms with van der Waals surface area (Å²) in [6.07, 6.45) is 82.3. The number of hydrogen-bond acceptors (Lipinski definition) is 15. The summed E-state index contributed by atoms with van der Waals surface area (Å²) in [6, 6.07) is 0. The predicted octanol–water partition coefficient (Wildman–Crippen LogP) is 24.3. The molecule has 0 amide bonds. The molecule has 0 spiro atoms. The van der Waals surface area contributed by atoms with Crippen LogP contribution in [0.15, 0.2) is 97.2 Å². The maximum Gasteiger partial charge on any atom is 0.472 e. The summed E-state index contributed by atoms with van der Waals surface area (Å²) in [7, 11) is -9.97. The zero-order valence-corrected chi connectivity index (χ0v) is 67.7. The van der Waals surface area contributed by atoms with Crippen molar-refractivity contribution in [2.75, 3.05) is 39.6 Å². The number of aliphatic hydroxyl groups is 1. The first-order valence-electron chi connectivity index (χ1n) is 41.5. The number of carbonyl (C=O) groups excluding carboxylic acids is 4. The number of unbranched alkanes of at least 4 members (excludes halogenated alkanes) is 36. The third-order valence-electron chi connectivity index (χ3n) is 17.5. The van der Waals surface area contributed by atoms with Crippen LogP contribution < -0.4 is 0 Å². The monoisotopic (exact) mass is 1510 g/mol. The fourth-order valence-corrected chi connectivity index (χ4v) is 12.8. The number of aliphatic hydroxyl groups excluding tert-OH is 1. The molecular weight excluding hydrogens is 1350 g/mol. The van der Waals surface area contributed by atoms with Crippen LogP contribution in [0.3, 0.4) is 0 Å². The van der Waals surface area contributed by atoms with Gasteiger partial charge in [-0.3, -0.25) is 37.3 Å². The van der Waals surface area contributed by atoms with Crippen LogP contribution in [0.1, 0.15) is 362 Å². The van der Waals surface area contributed by atoms with Crippen LogP contribution in [0.5, 0.6) is 0 Å². The predicted molar refractivity (Wildman–Crippen MR) is 427 cm³/mol. The minimum Gasteiger partial charge on any atom is -0.462 e. The zero-order valence-electron chi connectivity index (χ0n) is 65.9. The minimum atomic E-state index is -4.99. The van der Waals surface area contributed by atoms with E-state index in [0.29, 0.717) is 25.7 Å². The minimum absolute atomic E-state index is 0.0639. The number of phosphoric acid groups is 2. The van der Waals surface area contributed by atoms with Crippen molar-refractivity contribution in [3.8, 4) is 0 Å². The maximum absolute atomic E-state index is 13.1. The summed E-state index contributed by atoms with van der Waals surface area (Å²) in [5.74, 6) is -2.20. The van der Waals surface area contributed by atoms with E-state index in [9.17, 15) is 43.2 Å². The first-order chi connectivity index (χ1) is 50.7. The van der Waals surface area contributed by atoms with Crippen molar-refractivity contribution in [1.82, 2.24) is 0 Å². The van der Waals surface area contributed by atoms with E-state index in [1.807, 2.05) is 0 Å². The summed E-state index contributed by atoms with van der Waals surface area (Å²) in [4.78, 5) is 73.1. The van der Waals surface area contributed by atoms with E-state index in [1.54, 1.807) is 0 Å². The summed E-state index contributed by atoms with van der Waals surface area (Å²) in [6.45, 7) is 4.74. The van der Waals surface area contributed by atoms with Gasteiger partial charge in [-0.2, -0.15) is 0 Å². The van der Waals surface area contributed by atoms with Crippen LogP contribution in [0.25, 0.3) is 0 Å². The highest BCUT2D eigenvalue weighted by molar-refractivity contribution is 7.47. The third kappa shape index (κ3) is 76.2. The molecule has 0 aliphatic heterocycles. The molecule has 19 heteroatoms. The lowest BCUT2D eigenvalue weighted by atomic mass is 10.0. The van der Waals surface area contributed by atoms with Gasteiger partial charge in [0, 0.05) is 25.7 Å². The van der Waals surface area contributed by atoms with Crippen molar-refractivity contribution in [3.63, 3.8) is 0 Å². The molecule has 0 aliphatic rings. The lowest BCUT2D eigenvalue weighted by Gasteiger charge is -2.21. The Bertz CT molecular complexity index is 2350. The van der Waals surface area contributed by atoms with Gasteiger partial charge in [-0.05, 0) is 128 Å². The first kappa shape index (κ1) is 100.0. The second-order valence-corrected chi connectivity index (χ2v) is 30.6. The number of rotatable bonds is 78. The molecule has 5 atom stereocenters. The second kappa shape index (κ2) is 77.1.